The normalized spacial score (nSPS) is 23.5. The third-order valence-corrected chi connectivity index (χ3v) is 6.50. The Morgan fingerprint density at radius 2 is 2.11 bits per heavy atom. The van der Waals surface area contributed by atoms with Crippen LogP contribution in [0.3, 0.4) is 0 Å². The van der Waals surface area contributed by atoms with Crippen molar-refractivity contribution >= 4 is 5.91 Å². The predicted octanol–water partition coefficient (Wildman–Crippen LogP) is 2.64. The van der Waals surface area contributed by atoms with E-state index in [0.717, 1.165) is 55.6 Å². The Morgan fingerprint density at radius 1 is 1.29 bits per heavy atom. The van der Waals surface area contributed by atoms with Crippen LogP contribution in [0.1, 0.15) is 71.0 Å². The van der Waals surface area contributed by atoms with Crippen molar-refractivity contribution in [2.75, 3.05) is 13.1 Å². The molecule has 1 aromatic heterocycles. The molecule has 1 atom stereocenters. The van der Waals surface area contributed by atoms with E-state index in [0.29, 0.717) is 30.1 Å². The zero-order valence-electron chi connectivity index (χ0n) is 15.7. The van der Waals surface area contributed by atoms with Crippen LogP contribution in [0, 0.1) is 11.3 Å². The first-order chi connectivity index (χ1) is 13.6. The molecule has 142 valence electrons. The van der Waals surface area contributed by atoms with Gasteiger partial charge in [-0.1, -0.05) is 12.1 Å². The maximum absolute atomic E-state index is 13.2. The number of amides is 1. The zero-order chi connectivity index (χ0) is 19.3. The highest BCUT2D eigenvalue weighted by Gasteiger charge is 2.46. The Balaban J connectivity index is 1.50. The van der Waals surface area contributed by atoms with Gasteiger partial charge in [-0.25, -0.2) is 4.98 Å². The number of carbonyl (C=O) groups excluding carboxylic acids is 1. The number of aromatic amines is 1. The van der Waals surface area contributed by atoms with Crippen LogP contribution in [0.4, 0.5) is 0 Å². The minimum absolute atomic E-state index is 0.00190. The van der Waals surface area contributed by atoms with Crippen LogP contribution in [0.15, 0.2) is 29.1 Å². The van der Waals surface area contributed by atoms with E-state index >= 15 is 0 Å². The molecule has 1 N–H and O–H groups in total. The minimum atomic E-state index is -0.233. The third kappa shape index (κ3) is 2.65. The zero-order valence-corrected chi connectivity index (χ0v) is 15.7. The predicted molar refractivity (Wildman–Crippen MR) is 103 cm³/mol. The van der Waals surface area contributed by atoms with Crippen molar-refractivity contribution in [1.82, 2.24) is 14.9 Å². The van der Waals surface area contributed by atoms with Gasteiger partial charge in [-0.05, 0) is 50.7 Å². The van der Waals surface area contributed by atoms with Crippen molar-refractivity contribution in [3.8, 4) is 6.07 Å². The Kier molecular flexibility index (Phi) is 3.87. The third-order valence-electron chi connectivity index (χ3n) is 6.50. The quantitative estimate of drug-likeness (QED) is 0.875. The molecule has 1 spiro atoms. The van der Waals surface area contributed by atoms with Crippen LogP contribution in [0.2, 0.25) is 0 Å². The molecule has 1 amide bonds. The van der Waals surface area contributed by atoms with E-state index in [2.05, 4.69) is 11.1 Å². The number of benzene rings is 1. The lowest BCUT2D eigenvalue weighted by Crippen LogP contribution is -2.48. The summed E-state index contributed by atoms with van der Waals surface area (Å²) in [5.74, 6) is 1.11. The molecule has 2 fully saturated rings. The van der Waals surface area contributed by atoms with Gasteiger partial charge < -0.3 is 9.88 Å². The lowest BCUT2D eigenvalue weighted by Gasteiger charge is -2.40. The highest BCUT2D eigenvalue weighted by molar-refractivity contribution is 5.96. The van der Waals surface area contributed by atoms with Crippen LogP contribution in [0.5, 0.6) is 0 Å². The van der Waals surface area contributed by atoms with Crippen LogP contribution in [-0.4, -0.2) is 33.9 Å². The van der Waals surface area contributed by atoms with E-state index in [1.54, 1.807) is 24.3 Å². The first-order valence-corrected chi connectivity index (χ1v) is 10.0. The van der Waals surface area contributed by atoms with Gasteiger partial charge in [-0.15, -0.1) is 0 Å². The number of hydrogen-bond donors (Lipinski definition) is 1. The molecular weight excluding hydrogens is 352 g/mol. The van der Waals surface area contributed by atoms with Crippen molar-refractivity contribution in [3.63, 3.8) is 0 Å². The smallest absolute Gasteiger partial charge is 0.255 e. The van der Waals surface area contributed by atoms with Crippen LogP contribution < -0.4 is 5.56 Å². The molecule has 1 aliphatic heterocycles. The van der Waals surface area contributed by atoms with Crippen LogP contribution in [0.25, 0.3) is 0 Å². The Morgan fingerprint density at radius 3 is 2.89 bits per heavy atom. The Labute approximate surface area is 163 Å². The van der Waals surface area contributed by atoms with Crippen molar-refractivity contribution < 1.29 is 4.79 Å². The number of hydrogen-bond acceptors (Lipinski definition) is 4. The Hall–Kier alpha value is -2.94. The summed E-state index contributed by atoms with van der Waals surface area (Å²) in [6.45, 7) is 1.24. The van der Waals surface area contributed by atoms with E-state index < -0.39 is 0 Å². The van der Waals surface area contributed by atoms with E-state index in [1.165, 1.54) is 0 Å². The number of rotatable bonds is 2. The fourth-order valence-corrected chi connectivity index (χ4v) is 4.86. The standard InChI is InChI=1S/C22H22N4O2/c23-12-15-4-1-2-5-16(15)21(28)26-11-3-9-22(13-26)10-8-17-18(22)24-19(14-6-7-14)25-20(17)27/h1-2,4-5,14H,3,6-11,13H2,(H,24,25,27). The number of fused-ring (bicyclic) bond motifs is 2. The van der Waals surface area contributed by atoms with Crippen LogP contribution in [-0.2, 0) is 11.8 Å². The van der Waals surface area contributed by atoms with Crippen molar-refractivity contribution in [2.24, 2.45) is 0 Å². The fraction of sp³-hybridized carbons (Fsp3) is 0.455. The second kappa shape index (κ2) is 6.30. The van der Waals surface area contributed by atoms with Gasteiger partial charge in [-0.3, -0.25) is 9.59 Å². The topological polar surface area (TPSA) is 89.8 Å². The maximum Gasteiger partial charge on any atom is 0.255 e. The molecule has 1 aromatic carbocycles. The van der Waals surface area contributed by atoms with Crippen molar-refractivity contribution in [2.45, 2.75) is 49.9 Å². The van der Waals surface area contributed by atoms with Gasteiger partial charge in [0, 0.05) is 30.0 Å². The SMILES string of the molecule is N#Cc1ccccc1C(=O)N1CCCC2(CCc3c2nc(C2CC2)[nH]c3=O)C1. The average Bonchev–Trinajstić information content (AvgIpc) is 3.52. The number of H-pyrrole nitrogens is 1. The highest BCUT2D eigenvalue weighted by atomic mass is 16.2. The Bertz CT molecular complexity index is 1060. The molecule has 2 heterocycles. The maximum atomic E-state index is 13.2. The fourth-order valence-electron chi connectivity index (χ4n) is 4.86. The number of nitrogens with zero attached hydrogens (tertiary/aromatic N) is 3. The summed E-state index contributed by atoms with van der Waals surface area (Å²) in [6, 6.07) is 9.09. The summed E-state index contributed by atoms with van der Waals surface area (Å²) < 4.78 is 0. The van der Waals surface area contributed by atoms with Crippen molar-refractivity contribution in [1.29, 1.82) is 5.26 Å². The van der Waals surface area contributed by atoms with Gasteiger partial charge in [0.05, 0.1) is 22.9 Å². The summed E-state index contributed by atoms with van der Waals surface area (Å²) in [7, 11) is 0. The molecule has 1 saturated heterocycles. The molecule has 3 aliphatic rings. The number of piperidine rings is 1. The van der Waals surface area contributed by atoms with E-state index in [4.69, 9.17) is 4.98 Å². The number of nitrogens with one attached hydrogen (secondary N) is 1. The molecule has 5 rings (SSSR count). The van der Waals surface area contributed by atoms with Gasteiger partial charge in [0.1, 0.15) is 5.82 Å². The molecule has 0 bridgehead atoms. The molecule has 28 heavy (non-hydrogen) atoms. The van der Waals surface area contributed by atoms with Gasteiger partial charge in [0.15, 0.2) is 0 Å². The lowest BCUT2D eigenvalue weighted by molar-refractivity contribution is 0.0633. The highest BCUT2D eigenvalue weighted by Crippen LogP contribution is 2.45. The lowest BCUT2D eigenvalue weighted by atomic mass is 9.77. The number of nitriles is 1. The second-order valence-electron chi connectivity index (χ2n) is 8.32. The summed E-state index contributed by atoms with van der Waals surface area (Å²) in [5, 5.41) is 9.35. The summed E-state index contributed by atoms with van der Waals surface area (Å²) in [5.41, 5.74) is 2.35. The first kappa shape index (κ1) is 17.2. The number of carbonyl (C=O) groups is 1. The first-order valence-electron chi connectivity index (χ1n) is 10.0. The summed E-state index contributed by atoms with van der Waals surface area (Å²) in [6.07, 6.45) is 5.58. The van der Waals surface area contributed by atoms with Gasteiger partial charge in [0.25, 0.3) is 11.5 Å². The van der Waals surface area contributed by atoms with E-state index in [9.17, 15) is 14.9 Å². The summed E-state index contributed by atoms with van der Waals surface area (Å²) >= 11 is 0. The molecular formula is C22H22N4O2. The summed E-state index contributed by atoms with van der Waals surface area (Å²) in [4.78, 5) is 35.5. The van der Waals surface area contributed by atoms with Gasteiger partial charge in [0.2, 0.25) is 0 Å². The second-order valence-corrected chi connectivity index (χ2v) is 8.32. The van der Waals surface area contributed by atoms with Gasteiger partial charge in [-0.2, -0.15) is 5.26 Å². The molecule has 1 unspecified atom stereocenters. The molecule has 6 heteroatoms. The monoisotopic (exact) mass is 374 g/mol. The average molecular weight is 374 g/mol. The van der Waals surface area contributed by atoms with Gasteiger partial charge >= 0.3 is 0 Å². The minimum Gasteiger partial charge on any atom is -0.338 e. The van der Waals surface area contributed by atoms with Crippen molar-refractivity contribution in [3.05, 3.63) is 62.8 Å². The number of likely N-dealkylation sites (tertiary alicyclic amines) is 1. The van der Waals surface area contributed by atoms with E-state index in [-0.39, 0.29) is 16.9 Å². The number of aromatic nitrogens is 2. The molecule has 1 saturated carbocycles. The largest absolute Gasteiger partial charge is 0.338 e. The van der Waals surface area contributed by atoms with E-state index in [1.807, 2.05) is 4.90 Å². The molecule has 0 radical (unpaired) electrons. The molecule has 2 aliphatic carbocycles. The van der Waals surface area contributed by atoms with Crippen LogP contribution >= 0.6 is 0 Å². The molecule has 2 aromatic rings. The molecule has 6 nitrogen and oxygen atoms in total.